The van der Waals surface area contributed by atoms with Crippen LogP contribution in [0.5, 0.6) is 0 Å². The molecule has 25 heavy (non-hydrogen) atoms. The molecule has 130 valence electrons. The van der Waals surface area contributed by atoms with Crippen LogP contribution >= 0.6 is 0 Å². The fourth-order valence-electron chi connectivity index (χ4n) is 2.64. The van der Waals surface area contributed by atoms with Crippen LogP contribution in [0.3, 0.4) is 0 Å². The van der Waals surface area contributed by atoms with Crippen molar-refractivity contribution in [3.63, 3.8) is 0 Å². The van der Waals surface area contributed by atoms with Gasteiger partial charge in [-0.15, -0.1) is 0 Å². The molecule has 0 aliphatic rings. The highest BCUT2D eigenvalue weighted by Crippen LogP contribution is 2.25. The second-order valence-corrected chi connectivity index (χ2v) is 6.24. The Morgan fingerprint density at radius 2 is 1.44 bits per heavy atom. The predicted octanol–water partition coefficient (Wildman–Crippen LogP) is 3.14. The van der Waals surface area contributed by atoms with Crippen molar-refractivity contribution in [2.45, 2.75) is 32.2 Å². The van der Waals surface area contributed by atoms with Crippen LogP contribution in [-0.4, -0.2) is 17.9 Å². The van der Waals surface area contributed by atoms with E-state index in [4.69, 9.17) is 5.73 Å². The first-order valence-corrected chi connectivity index (χ1v) is 8.32. The van der Waals surface area contributed by atoms with E-state index in [9.17, 15) is 9.59 Å². The van der Waals surface area contributed by atoms with Gasteiger partial charge in [0, 0.05) is 0 Å². The maximum absolute atomic E-state index is 13.0. The Kier molecular flexibility index (Phi) is 6.52. The highest BCUT2D eigenvalue weighted by atomic mass is 16.2. The van der Waals surface area contributed by atoms with E-state index in [0.717, 1.165) is 16.7 Å². The van der Waals surface area contributed by atoms with Crippen molar-refractivity contribution in [1.29, 1.82) is 0 Å². The van der Waals surface area contributed by atoms with E-state index < -0.39 is 17.9 Å². The molecule has 0 radical (unpaired) electrons. The minimum Gasteiger partial charge on any atom is -0.368 e. The summed E-state index contributed by atoms with van der Waals surface area (Å²) in [5.41, 5.74) is 8.28. The third-order valence-electron chi connectivity index (χ3n) is 3.95. The summed E-state index contributed by atoms with van der Waals surface area (Å²) in [6.07, 6.45) is 2.29. The Morgan fingerprint density at radius 1 is 0.960 bits per heavy atom. The van der Waals surface area contributed by atoms with Gasteiger partial charge >= 0.3 is 0 Å². The number of carbonyl (C=O) groups excluding carboxylic acids is 2. The second-order valence-electron chi connectivity index (χ2n) is 6.24. The molecule has 2 rings (SSSR count). The van der Waals surface area contributed by atoms with Crippen LogP contribution in [0, 0.1) is 0 Å². The number of benzene rings is 2. The van der Waals surface area contributed by atoms with Gasteiger partial charge in [0.25, 0.3) is 0 Å². The Labute approximate surface area is 148 Å². The summed E-state index contributed by atoms with van der Waals surface area (Å²) in [6, 6.07) is 18.3. The monoisotopic (exact) mass is 336 g/mol. The topological polar surface area (TPSA) is 72.2 Å². The molecule has 3 N–H and O–H groups in total. The summed E-state index contributed by atoms with van der Waals surface area (Å²) in [5.74, 6) is -1.26. The van der Waals surface area contributed by atoms with Crippen LogP contribution in [-0.2, 0) is 9.59 Å². The zero-order valence-corrected chi connectivity index (χ0v) is 14.6. The Balaban J connectivity index is 2.29. The number of nitrogens with two attached hydrogens (primary N) is 1. The maximum Gasteiger partial charge on any atom is 0.240 e. The number of rotatable bonds is 7. The highest BCUT2D eigenvalue weighted by Gasteiger charge is 2.26. The quantitative estimate of drug-likeness (QED) is 0.762. The Hall–Kier alpha value is -2.88. The van der Waals surface area contributed by atoms with E-state index in [1.807, 2.05) is 80.6 Å². The Bertz CT molecular complexity index is 696. The molecule has 0 saturated carbocycles. The first-order valence-electron chi connectivity index (χ1n) is 8.32. The lowest BCUT2D eigenvalue weighted by molar-refractivity contribution is -0.127. The lowest BCUT2D eigenvalue weighted by Gasteiger charge is -2.21. The number of hydrogen-bond donors (Lipinski definition) is 2. The van der Waals surface area contributed by atoms with Crippen molar-refractivity contribution >= 4 is 11.8 Å². The molecule has 0 heterocycles. The van der Waals surface area contributed by atoms with Gasteiger partial charge in [-0.3, -0.25) is 9.59 Å². The third kappa shape index (κ3) is 5.31. The SMILES string of the molecule is CC(C)=CC[C@@H](NC(=O)C(c1ccccc1)c1ccccc1)C(N)=O. The van der Waals surface area contributed by atoms with E-state index in [0.29, 0.717) is 6.42 Å². The van der Waals surface area contributed by atoms with Crippen LogP contribution in [0.25, 0.3) is 0 Å². The largest absolute Gasteiger partial charge is 0.368 e. The van der Waals surface area contributed by atoms with Gasteiger partial charge in [-0.25, -0.2) is 0 Å². The summed E-state index contributed by atoms with van der Waals surface area (Å²) >= 11 is 0. The van der Waals surface area contributed by atoms with Gasteiger partial charge in [-0.2, -0.15) is 0 Å². The molecule has 2 amide bonds. The fourth-order valence-corrected chi connectivity index (χ4v) is 2.64. The van der Waals surface area contributed by atoms with Gasteiger partial charge < -0.3 is 11.1 Å². The molecule has 4 nitrogen and oxygen atoms in total. The average Bonchev–Trinajstić information content (AvgIpc) is 2.60. The molecule has 0 unspecified atom stereocenters. The van der Waals surface area contributed by atoms with Crippen molar-refractivity contribution in [2.75, 3.05) is 0 Å². The van der Waals surface area contributed by atoms with Crippen molar-refractivity contribution < 1.29 is 9.59 Å². The lowest BCUT2D eigenvalue weighted by atomic mass is 9.90. The van der Waals surface area contributed by atoms with E-state index in [1.165, 1.54) is 0 Å². The molecule has 0 bridgehead atoms. The highest BCUT2D eigenvalue weighted by molar-refractivity contribution is 5.92. The zero-order valence-electron chi connectivity index (χ0n) is 14.6. The van der Waals surface area contributed by atoms with E-state index >= 15 is 0 Å². The van der Waals surface area contributed by atoms with Crippen molar-refractivity contribution in [1.82, 2.24) is 5.32 Å². The molecule has 0 fully saturated rings. The maximum atomic E-state index is 13.0. The molecule has 0 aliphatic carbocycles. The second kappa shape index (κ2) is 8.83. The minimum absolute atomic E-state index is 0.233. The number of nitrogens with one attached hydrogen (secondary N) is 1. The smallest absolute Gasteiger partial charge is 0.240 e. The number of hydrogen-bond acceptors (Lipinski definition) is 2. The van der Waals surface area contributed by atoms with Crippen LogP contribution in [0.2, 0.25) is 0 Å². The molecular weight excluding hydrogens is 312 g/mol. The molecule has 1 atom stereocenters. The summed E-state index contributed by atoms with van der Waals surface area (Å²) in [7, 11) is 0. The number of amides is 2. The fraction of sp³-hybridized carbons (Fsp3) is 0.238. The normalized spacial score (nSPS) is 11.6. The number of primary amides is 1. The van der Waals surface area contributed by atoms with Gasteiger partial charge in [0.05, 0.1) is 5.92 Å². The molecule has 4 heteroatoms. The minimum atomic E-state index is -0.725. The van der Waals surface area contributed by atoms with Crippen molar-refractivity contribution in [2.24, 2.45) is 5.73 Å². The van der Waals surface area contributed by atoms with E-state index in [2.05, 4.69) is 5.32 Å². The van der Waals surface area contributed by atoms with Gasteiger partial charge in [-0.05, 0) is 31.4 Å². The summed E-state index contributed by atoms with van der Waals surface area (Å²) in [6.45, 7) is 3.88. The third-order valence-corrected chi connectivity index (χ3v) is 3.95. The first kappa shape index (κ1) is 18.5. The van der Waals surface area contributed by atoms with Crippen molar-refractivity contribution in [3.8, 4) is 0 Å². The van der Waals surface area contributed by atoms with Gasteiger partial charge in [0.1, 0.15) is 6.04 Å². The average molecular weight is 336 g/mol. The molecule has 0 aromatic heterocycles. The molecule has 0 aliphatic heterocycles. The number of carbonyl (C=O) groups is 2. The van der Waals surface area contributed by atoms with Crippen LogP contribution in [0.4, 0.5) is 0 Å². The molecule has 0 spiro atoms. The van der Waals surface area contributed by atoms with Crippen molar-refractivity contribution in [3.05, 3.63) is 83.4 Å². The first-order chi connectivity index (χ1) is 12.0. The summed E-state index contributed by atoms with van der Waals surface area (Å²) in [5, 5.41) is 2.81. The van der Waals surface area contributed by atoms with Gasteiger partial charge in [-0.1, -0.05) is 72.3 Å². The zero-order chi connectivity index (χ0) is 18.2. The standard InChI is InChI=1S/C21H24N2O2/c1-15(2)13-14-18(20(22)24)23-21(25)19(16-9-5-3-6-10-16)17-11-7-4-8-12-17/h3-13,18-19H,14H2,1-2H3,(H2,22,24)(H,23,25)/t18-/m1/s1. The Morgan fingerprint density at radius 3 is 1.84 bits per heavy atom. The number of allylic oxidation sites excluding steroid dienone is 1. The van der Waals surface area contributed by atoms with Gasteiger partial charge in [0.2, 0.25) is 11.8 Å². The van der Waals surface area contributed by atoms with E-state index in [-0.39, 0.29) is 5.91 Å². The molecule has 2 aromatic carbocycles. The lowest BCUT2D eigenvalue weighted by Crippen LogP contribution is -2.46. The summed E-state index contributed by atoms with van der Waals surface area (Å²) < 4.78 is 0. The molecule has 2 aromatic rings. The van der Waals surface area contributed by atoms with Gasteiger partial charge in [0.15, 0.2) is 0 Å². The van der Waals surface area contributed by atoms with Crippen LogP contribution < -0.4 is 11.1 Å². The van der Waals surface area contributed by atoms with E-state index in [1.54, 1.807) is 0 Å². The predicted molar refractivity (Wildman–Crippen MR) is 99.9 cm³/mol. The van der Waals surface area contributed by atoms with Crippen LogP contribution in [0.15, 0.2) is 72.3 Å². The summed E-state index contributed by atoms with van der Waals surface area (Å²) in [4.78, 5) is 24.7. The van der Waals surface area contributed by atoms with Crippen LogP contribution in [0.1, 0.15) is 37.3 Å². The molecular formula is C21H24N2O2. The molecule has 0 saturated heterocycles.